The van der Waals surface area contributed by atoms with E-state index >= 15 is 0 Å². The van der Waals surface area contributed by atoms with E-state index in [2.05, 4.69) is 4.98 Å². The largest absolute Gasteiger partial charge is 0.334 e. The number of nitrogens with zero attached hydrogens (tertiary/aromatic N) is 4. The van der Waals surface area contributed by atoms with Gasteiger partial charge in [0.05, 0.1) is 28.0 Å². The minimum absolute atomic E-state index is 0.0239. The van der Waals surface area contributed by atoms with Gasteiger partial charge in [-0.2, -0.15) is 8.61 Å². The molecule has 1 aromatic heterocycles. The summed E-state index contributed by atoms with van der Waals surface area (Å²) < 4.78 is 53.8. The van der Waals surface area contributed by atoms with E-state index in [0.29, 0.717) is 5.52 Å². The molecule has 0 N–H and O–H groups in total. The first-order valence-electron chi connectivity index (χ1n) is 7.65. The van der Waals surface area contributed by atoms with Crippen molar-refractivity contribution in [3.8, 4) is 0 Å². The number of fused-ring (bicyclic) bond motifs is 1. The zero-order chi connectivity index (χ0) is 17.5. The molecule has 0 radical (unpaired) electrons. The first-order chi connectivity index (χ1) is 11.3. The lowest BCUT2D eigenvalue weighted by molar-refractivity contribution is 0.273. The maximum absolute atomic E-state index is 12.8. The van der Waals surface area contributed by atoms with Crippen molar-refractivity contribution in [3.05, 3.63) is 24.5 Å². The fourth-order valence-corrected chi connectivity index (χ4v) is 5.32. The van der Waals surface area contributed by atoms with Crippen molar-refractivity contribution >= 4 is 31.1 Å². The molecule has 1 saturated heterocycles. The van der Waals surface area contributed by atoms with Crippen LogP contribution in [0.1, 0.15) is 6.92 Å². The Kier molecular flexibility index (Phi) is 4.41. The number of rotatable bonds is 4. The number of hydrogen-bond acceptors (Lipinski definition) is 5. The fraction of sp³-hybridized carbons (Fsp3) is 0.500. The minimum atomic E-state index is -3.66. The fourth-order valence-electron chi connectivity index (χ4n) is 2.80. The Morgan fingerprint density at radius 1 is 1.04 bits per heavy atom. The van der Waals surface area contributed by atoms with Crippen molar-refractivity contribution in [3.63, 3.8) is 0 Å². The molecule has 3 rings (SSSR count). The van der Waals surface area contributed by atoms with E-state index in [0.717, 1.165) is 5.52 Å². The Morgan fingerprint density at radius 3 is 2.29 bits per heavy atom. The van der Waals surface area contributed by atoms with Crippen LogP contribution in [0.4, 0.5) is 0 Å². The number of imidazole rings is 1. The molecular weight excluding hydrogens is 352 g/mol. The highest BCUT2D eigenvalue weighted by atomic mass is 32.2. The van der Waals surface area contributed by atoms with E-state index in [4.69, 9.17) is 0 Å². The summed E-state index contributed by atoms with van der Waals surface area (Å²) in [6, 6.07) is 4.85. The second kappa shape index (κ2) is 6.10. The first-order valence-corrected chi connectivity index (χ1v) is 10.7. The van der Waals surface area contributed by atoms with Crippen LogP contribution in [0.5, 0.6) is 0 Å². The predicted octanol–water partition coefficient (Wildman–Crippen LogP) is 0.229. The highest BCUT2D eigenvalue weighted by Crippen LogP contribution is 2.22. The summed E-state index contributed by atoms with van der Waals surface area (Å²) in [7, 11) is -5.09. The Hall–Kier alpha value is -1.49. The van der Waals surface area contributed by atoms with Gasteiger partial charge in [-0.05, 0) is 25.1 Å². The van der Waals surface area contributed by atoms with E-state index in [1.807, 2.05) is 11.6 Å². The molecule has 1 fully saturated rings. The van der Waals surface area contributed by atoms with E-state index in [-0.39, 0.29) is 36.8 Å². The number of aromatic nitrogens is 2. The van der Waals surface area contributed by atoms with Crippen LogP contribution in [-0.4, -0.2) is 66.9 Å². The highest BCUT2D eigenvalue weighted by molar-refractivity contribution is 7.89. The van der Waals surface area contributed by atoms with Crippen LogP contribution in [0.15, 0.2) is 29.4 Å². The number of hydrogen-bond donors (Lipinski definition) is 0. The van der Waals surface area contributed by atoms with E-state index in [1.165, 1.54) is 8.61 Å². The molecule has 0 unspecified atom stereocenters. The molecule has 0 bridgehead atoms. The Balaban J connectivity index is 1.83. The van der Waals surface area contributed by atoms with Gasteiger partial charge in [0.25, 0.3) is 0 Å². The molecule has 24 heavy (non-hydrogen) atoms. The van der Waals surface area contributed by atoms with Crippen LogP contribution in [0.3, 0.4) is 0 Å². The molecule has 132 valence electrons. The van der Waals surface area contributed by atoms with Gasteiger partial charge in [-0.15, -0.1) is 0 Å². The molecule has 2 heterocycles. The van der Waals surface area contributed by atoms with Crippen molar-refractivity contribution in [1.82, 2.24) is 18.2 Å². The molecule has 1 aromatic carbocycles. The van der Waals surface area contributed by atoms with Gasteiger partial charge in [-0.3, -0.25) is 0 Å². The Bertz CT molecular complexity index is 958. The molecule has 0 spiro atoms. The van der Waals surface area contributed by atoms with Gasteiger partial charge < -0.3 is 4.57 Å². The van der Waals surface area contributed by atoms with E-state index in [1.54, 1.807) is 31.5 Å². The van der Waals surface area contributed by atoms with Gasteiger partial charge in [0.2, 0.25) is 20.0 Å². The van der Waals surface area contributed by atoms with Crippen LogP contribution in [-0.2, 0) is 27.1 Å². The molecule has 1 aliphatic rings. The minimum Gasteiger partial charge on any atom is -0.334 e. The predicted molar refractivity (Wildman–Crippen MR) is 90.5 cm³/mol. The molecule has 0 atom stereocenters. The molecule has 0 aliphatic carbocycles. The van der Waals surface area contributed by atoms with Crippen molar-refractivity contribution in [2.75, 3.05) is 31.9 Å². The van der Waals surface area contributed by atoms with E-state index < -0.39 is 20.0 Å². The van der Waals surface area contributed by atoms with Crippen LogP contribution < -0.4 is 0 Å². The Labute approximate surface area is 141 Å². The zero-order valence-corrected chi connectivity index (χ0v) is 15.2. The summed E-state index contributed by atoms with van der Waals surface area (Å²) in [4.78, 5) is 4.37. The highest BCUT2D eigenvalue weighted by Gasteiger charge is 2.32. The SMILES string of the molecule is CCS(=O)(=O)N1CCN(S(=O)(=O)c2ccc3c(c2)ncn3C)CC1. The molecule has 2 aromatic rings. The summed E-state index contributed by atoms with van der Waals surface area (Å²) in [5.74, 6) is 0.0239. The lowest BCUT2D eigenvalue weighted by atomic mass is 10.3. The standard InChI is InChI=1S/C14H20N4O4S2/c1-3-23(19,20)17-6-8-18(9-7-17)24(21,22)12-4-5-14-13(10-12)15-11-16(14)2/h4-5,10-11H,3,6-9H2,1-2H3. The molecule has 1 aliphatic heterocycles. The van der Waals surface area contributed by atoms with Crippen molar-refractivity contribution in [1.29, 1.82) is 0 Å². The first kappa shape index (κ1) is 17.3. The van der Waals surface area contributed by atoms with Gasteiger partial charge in [0, 0.05) is 33.2 Å². The summed E-state index contributed by atoms with van der Waals surface area (Å²) in [6.45, 7) is 2.26. The molecular formula is C14H20N4O4S2. The number of sulfonamides is 2. The lowest BCUT2D eigenvalue weighted by Gasteiger charge is -2.33. The zero-order valence-electron chi connectivity index (χ0n) is 13.6. The summed E-state index contributed by atoms with van der Waals surface area (Å²) >= 11 is 0. The van der Waals surface area contributed by atoms with Gasteiger partial charge in [-0.1, -0.05) is 0 Å². The topological polar surface area (TPSA) is 92.6 Å². The normalized spacial score (nSPS) is 18.2. The smallest absolute Gasteiger partial charge is 0.243 e. The van der Waals surface area contributed by atoms with Crippen molar-refractivity contribution < 1.29 is 16.8 Å². The van der Waals surface area contributed by atoms with Crippen LogP contribution in [0, 0.1) is 0 Å². The average molecular weight is 372 g/mol. The van der Waals surface area contributed by atoms with Crippen LogP contribution in [0.25, 0.3) is 11.0 Å². The van der Waals surface area contributed by atoms with Crippen molar-refractivity contribution in [2.24, 2.45) is 7.05 Å². The molecule has 0 amide bonds. The van der Waals surface area contributed by atoms with Crippen LogP contribution >= 0.6 is 0 Å². The summed E-state index contributed by atoms with van der Waals surface area (Å²) in [5, 5.41) is 0. The van der Waals surface area contributed by atoms with Gasteiger partial charge in [0.1, 0.15) is 0 Å². The number of benzene rings is 1. The monoisotopic (exact) mass is 372 g/mol. The molecule has 8 nitrogen and oxygen atoms in total. The third-order valence-corrected chi connectivity index (χ3v) is 8.07. The van der Waals surface area contributed by atoms with Crippen LogP contribution in [0.2, 0.25) is 0 Å². The van der Waals surface area contributed by atoms with Gasteiger partial charge in [-0.25, -0.2) is 21.8 Å². The second-order valence-electron chi connectivity index (χ2n) is 5.71. The number of aryl methyl sites for hydroxylation is 1. The Morgan fingerprint density at radius 2 is 1.67 bits per heavy atom. The van der Waals surface area contributed by atoms with Gasteiger partial charge >= 0.3 is 0 Å². The maximum atomic E-state index is 12.8. The van der Waals surface area contributed by atoms with Gasteiger partial charge in [0.15, 0.2) is 0 Å². The lowest BCUT2D eigenvalue weighted by Crippen LogP contribution is -2.50. The third-order valence-electron chi connectivity index (χ3n) is 4.29. The summed E-state index contributed by atoms with van der Waals surface area (Å²) in [6.07, 6.45) is 1.63. The second-order valence-corrected chi connectivity index (χ2v) is 9.91. The van der Waals surface area contributed by atoms with Crippen molar-refractivity contribution in [2.45, 2.75) is 11.8 Å². The average Bonchev–Trinajstić information content (AvgIpc) is 2.95. The molecule has 10 heteroatoms. The maximum Gasteiger partial charge on any atom is 0.243 e. The molecule has 0 saturated carbocycles. The third kappa shape index (κ3) is 2.94. The number of piperazine rings is 1. The quantitative estimate of drug-likeness (QED) is 0.766. The summed E-state index contributed by atoms with van der Waals surface area (Å²) in [5.41, 5.74) is 1.47. The van der Waals surface area contributed by atoms with E-state index in [9.17, 15) is 16.8 Å².